The topological polar surface area (TPSA) is 130 Å². The maximum atomic E-state index is 13.9. The molecular formula is C23H24FN5O4S3. The quantitative estimate of drug-likeness (QED) is 0.324. The van der Waals surface area contributed by atoms with Crippen molar-refractivity contribution >= 4 is 55.8 Å². The van der Waals surface area contributed by atoms with Crippen LogP contribution in [-0.2, 0) is 16.6 Å². The van der Waals surface area contributed by atoms with Gasteiger partial charge in [-0.2, -0.15) is 0 Å². The van der Waals surface area contributed by atoms with Crippen LogP contribution in [0.15, 0.2) is 51.8 Å². The lowest BCUT2D eigenvalue weighted by atomic mass is 9.95. The lowest BCUT2D eigenvalue weighted by Gasteiger charge is -2.14. The Labute approximate surface area is 216 Å². The summed E-state index contributed by atoms with van der Waals surface area (Å²) in [5.74, 6) is -0.911. The number of halogens is 1. The maximum Gasteiger partial charge on any atom is 0.325 e. The minimum Gasteiger partial charge on any atom is -0.307 e. The second kappa shape index (κ2) is 11.5. The number of anilines is 2. The van der Waals surface area contributed by atoms with Gasteiger partial charge in [-0.15, -0.1) is 0 Å². The summed E-state index contributed by atoms with van der Waals surface area (Å²) in [5, 5.41) is 6.15. The smallest absolute Gasteiger partial charge is 0.307 e. The van der Waals surface area contributed by atoms with Gasteiger partial charge in [0.1, 0.15) is 10.8 Å². The van der Waals surface area contributed by atoms with Crippen molar-refractivity contribution in [2.45, 2.75) is 41.5 Å². The van der Waals surface area contributed by atoms with Crippen LogP contribution < -0.4 is 15.4 Å². The van der Waals surface area contributed by atoms with Crippen LogP contribution in [0.2, 0.25) is 0 Å². The second-order valence-electron chi connectivity index (χ2n) is 8.23. The van der Waals surface area contributed by atoms with Crippen LogP contribution in [-0.4, -0.2) is 36.5 Å². The van der Waals surface area contributed by atoms with Gasteiger partial charge in [0, 0.05) is 17.7 Å². The first-order chi connectivity index (χ1) is 17.2. The summed E-state index contributed by atoms with van der Waals surface area (Å²) in [5.41, 5.74) is 0.778. The molecule has 0 aliphatic heterocycles. The van der Waals surface area contributed by atoms with E-state index in [0.717, 1.165) is 49.3 Å². The summed E-state index contributed by atoms with van der Waals surface area (Å²) >= 11 is 2.45. The van der Waals surface area contributed by atoms with Crippen molar-refractivity contribution in [2.75, 3.05) is 16.9 Å². The Morgan fingerprint density at radius 3 is 2.64 bits per heavy atom. The Morgan fingerprint density at radius 2 is 1.94 bits per heavy atom. The molecule has 1 aliphatic rings. The van der Waals surface area contributed by atoms with Gasteiger partial charge in [-0.1, -0.05) is 42.0 Å². The highest BCUT2D eigenvalue weighted by Crippen LogP contribution is 2.37. The average molecular weight is 550 g/mol. The number of pyridine rings is 1. The van der Waals surface area contributed by atoms with Crippen LogP contribution in [0.25, 0.3) is 0 Å². The van der Waals surface area contributed by atoms with E-state index in [1.807, 2.05) is 6.07 Å². The van der Waals surface area contributed by atoms with E-state index in [0.29, 0.717) is 14.9 Å². The van der Waals surface area contributed by atoms with E-state index >= 15 is 0 Å². The summed E-state index contributed by atoms with van der Waals surface area (Å²) < 4.78 is 40.1. The molecule has 2 amide bonds. The first-order valence-corrected chi connectivity index (χ1v) is 14.7. The number of nitrogens with zero attached hydrogens (tertiary/aromatic N) is 2. The third-order valence-electron chi connectivity index (χ3n) is 5.44. The van der Waals surface area contributed by atoms with Crippen molar-refractivity contribution < 1.29 is 22.4 Å². The highest BCUT2D eigenvalue weighted by atomic mass is 32.2. The van der Waals surface area contributed by atoms with Crippen LogP contribution in [0.5, 0.6) is 0 Å². The molecule has 3 N–H and O–H groups in total. The molecule has 0 unspecified atom stereocenters. The van der Waals surface area contributed by atoms with Gasteiger partial charge in [0.2, 0.25) is 10.0 Å². The third-order valence-corrected chi connectivity index (χ3v) is 8.29. The molecule has 4 rings (SSSR count). The molecule has 0 spiro atoms. The number of urea groups is 1. The molecule has 3 aromatic rings. The summed E-state index contributed by atoms with van der Waals surface area (Å²) in [6.45, 7) is -0.0637. The lowest BCUT2D eigenvalue weighted by Crippen LogP contribution is -2.23. The van der Waals surface area contributed by atoms with Crippen LogP contribution in [0.3, 0.4) is 0 Å². The largest absolute Gasteiger partial charge is 0.325 e. The van der Waals surface area contributed by atoms with E-state index in [1.54, 1.807) is 18.3 Å². The van der Waals surface area contributed by atoms with Crippen LogP contribution in [0.4, 0.5) is 20.0 Å². The number of carbonyl (C=O) groups excluding carboxylic acids is 2. The molecule has 13 heteroatoms. The number of hydrogen-bond acceptors (Lipinski definition) is 8. The Balaban J connectivity index is 1.51. The molecule has 0 bridgehead atoms. The summed E-state index contributed by atoms with van der Waals surface area (Å²) in [6, 6.07) is 8.44. The zero-order valence-electron chi connectivity index (χ0n) is 19.3. The van der Waals surface area contributed by atoms with Gasteiger partial charge in [-0.3, -0.25) is 10.1 Å². The Hall–Kier alpha value is -2.87. The van der Waals surface area contributed by atoms with Crippen LogP contribution >= 0.6 is 23.1 Å². The molecule has 190 valence electrons. The van der Waals surface area contributed by atoms with Crippen molar-refractivity contribution in [3.63, 3.8) is 0 Å². The molecule has 1 aliphatic carbocycles. The minimum atomic E-state index is -3.46. The van der Waals surface area contributed by atoms with Gasteiger partial charge >= 0.3 is 6.03 Å². The fraction of sp³-hybridized carbons (Fsp3) is 0.304. The van der Waals surface area contributed by atoms with Gasteiger partial charge in [-0.25, -0.2) is 32.3 Å². The number of hydrogen-bond donors (Lipinski definition) is 3. The van der Waals surface area contributed by atoms with Gasteiger partial charge in [-0.05, 0) is 43.2 Å². The number of amides is 2. The number of rotatable bonds is 9. The van der Waals surface area contributed by atoms with Gasteiger partial charge < -0.3 is 5.32 Å². The zero-order valence-corrected chi connectivity index (χ0v) is 21.7. The average Bonchev–Trinajstić information content (AvgIpc) is 3.49. The first kappa shape index (κ1) is 26.2. The van der Waals surface area contributed by atoms with Gasteiger partial charge in [0.15, 0.2) is 10.9 Å². The lowest BCUT2D eigenvalue weighted by molar-refractivity contribution is 0.0923. The molecule has 36 heavy (non-hydrogen) atoms. The molecular weight excluding hydrogens is 525 g/mol. The number of benzene rings is 1. The predicted octanol–water partition coefficient (Wildman–Crippen LogP) is 4.89. The van der Waals surface area contributed by atoms with E-state index in [1.165, 1.54) is 23.9 Å². The number of carbonyl (C=O) groups is 2. The zero-order chi connectivity index (χ0) is 25.7. The van der Waals surface area contributed by atoms with E-state index in [4.69, 9.17) is 0 Å². The van der Waals surface area contributed by atoms with Gasteiger partial charge in [0.25, 0.3) is 0 Å². The molecule has 2 heterocycles. The standard InChI is InChI=1S/C23H24FN5O4S3/c1-36(32,33)26-13-18-21(34-19-8-4-5-11-25-19)35-23(28-18)29-22(31)27-17-10-9-15(24)12-16(17)20(30)14-6-2-3-7-14/h4-5,8-12,14,26H,2-3,6-7,13H2,1H3,(H2,27,28,29,31). The molecule has 0 atom stereocenters. The SMILES string of the molecule is CS(=O)(=O)NCc1nc(NC(=O)Nc2ccc(F)cc2C(=O)C2CCCC2)sc1Sc1ccccn1. The minimum absolute atomic E-state index is 0.0637. The normalized spacial score (nSPS) is 14.1. The number of aromatic nitrogens is 2. The van der Waals surface area contributed by atoms with Crippen LogP contribution in [0, 0.1) is 11.7 Å². The summed E-state index contributed by atoms with van der Waals surface area (Å²) in [4.78, 5) is 34.3. The van der Waals surface area contributed by atoms with Crippen molar-refractivity contribution in [3.8, 4) is 0 Å². The molecule has 0 radical (unpaired) electrons. The number of Topliss-reactive ketones (excluding diaryl/α,β-unsaturated/α-hetero) is 1. The summed E-state index contributed by atoms with van der Waals surface area (Å²) in [6.07, 6.45) is 6.09. The number of nitrogens with one attached hydrogen (secondary N) is 3. The molecule has 1 aromatic carbocycles. The Bertz CT molecular complexity index is 1360. The monoisotopic (exact) mass is 549 g/mol. The number of ketones is 1. The van der Waals surface area contributed by atoms with Crippen molar-refractivity contribution in [1.82, 2.24) is 14.7 Å². The maximum absolute atomic E-state index is 13.9. The highest BCUT2D eigenvalue weighted by Gasteiger charge is 2.26. The highest BCUT2D eigenvalue weighted by molar-refractivity contribution is 8.01. The first-order valence-electron chi connectivity index (χ1n) is 11.1. The summed E-state index contributed by atoms with van der Waals surface area (Å²) in [7, 11) is -3.46. The molecule has 1 saturated carbocycles. The van der Waals surface area contributed by atoms with E-state index < -0.39 is 21.9 Å². The Morgan fingerprint density at radius 1 is 1.17 bits per heavy atom. The molecule has 1 fully saturated rings. The van der Waals surface area contributed by atoms with E-state index in [2.05, 4.69) is 25.3 Å². The Kier molecular flexibility index (Phi) is 8.34. The van der Waals surface area contributed by atoms with E-state index in [9.17, 15) is 22.4 Å². The van der Waals surface area contributed by atoms with E-state index in [-0.39, 0.29) is 34.6 Å². The fourth-order valence-corrected chi connectivity index (χ4v) is 6.23. The van der Waals surface area contributed by atoms with Gasteiger partial charge in [0.05, 0.1) is 28.4 Å². The van der Waals surface area contributed by atoms with Crippen molar-refractivity contribution in [1.29, 1.82) is 0 Å². The second-order valence-corrected chi connectivity index (χ2v) is 12.4. The predicted molar refractivity (Wildman–Crippen MR) is 137 cm³/mol. The fourth-order valence-electron chi connectivity index (χ4n) is 3.77. The molecule has 9 nitrogen and oxygen atoms in total. The van der Waals surface area contributed by atoms with Crippen molar-refractivity contribution in [2.24, 2.45) is 5.92 Å². The third kappa shape index (κ3) is 7.09. The molecule has 0 saturated heterocycles. The molecule has 2 aromatic heterocycles. The number of thiazole rings is 1. The van der Waals surface area contributed by atoms with Crippen molar-refractivity contribution in [3.05, 3.63) is 59.7 Å². The number of sulfonamides is 1. The van der Waals surface area contributed by atoms with Crippen LogP contribution in [0.1, 0.15) is 41.7 Å².